The second-order valence-corrected chi connectivity index (χ2v) is 10.6. The van der Waals surface area contributed by atoms with Crippen LogP contribution in [0.5, 0.6) is 5.75 Å². The number of fused-ring (bicyclic) bond motifs is 1. The van der Waals surface area contributed by atoms with Crippen LogP contribution in [0.1, 0.15) is 29.1 Å². The number of carbonyl (C=O) groups is 1. The first-order valence-electron chi connectivity index (χ1n) is 9.59. The Balaban J connectivity index is 1.94. The van der Waals surface area contributed by atoms with E-state index in [9.17, 15) is 13.2 Å². The van der Waals surface area contributed by atoms with Crippen molar-refractivity contribution in [3.63, 3.8) is 0 Å². The molecule has 1 aromatic heterocycles. The number of hydrogen-bond acceptors (Lipinski definition) is 5. The van der Waals surface area contributed by atoms with Crippen LogP contribution < -0.4 is 14.4 Å². The summed E-state index contributed by atoms with van der Waals surface area (Å²) in [5.41, 5.74) is 1.34. The number of nitrogens with zero attached hydrogens (tertiary/aromatic N) is 1. The molecule has 1 amide bonds. The third kappa shape index (κ3) is 4.44. The van der Waals surface area contributed by atoms with Gasteiger partial charge in [-0.05, 0) is 60.2 Å². The molecule has 0 aliphatic carbocycles. The number of benzene rings is 2. The first-order chi connectivity index (χ1) is 14.1. The van der Waals surface area contributed by atoms with Crippen molar-refractivity contribution in [3.05, 3.63) is 52.9 Å². The van der Waals surface area contributed by atoms with Crippen molar-refractivity contribution in [2.24, 2.45) is 5.92 Å². The molecule has 0 bridgehead atoms. The van der Waals surface area contributed by atoms with Gasteiger partial charge in [-0.25, -0.2) is 8.42 Å². The minimum atomic E-state index is -3.82. The summed E-state index contributed by atoms with van der Waals surface area (Å²) in [6, 6.07) is 12.2. The van der Waals surface area contributed by atoms with Gasteiger partial charge in [-0.15, -0.1) is 11.3 Å². The Labute approximate surface area is 181 Å². The summed E-state index contributed by atoms with van der Waals surface area (Å²) in [5, 5.41) is 3.74. The normalized spacial score (nSPS) is 11.7. The second-order valence-electron chi connectivity index (χ2n) is 7.56. The van der Waals surface area contributed by atoms with Gasteiger partial charge in [0.1, 0.15) is 10.6 Å². The van der Waals surface area contributed by atoms with Gasteiger partial charge in [-0.2, -0.15) is 0 Å². The number of aryl methyl sites for hydroxylation is 1. The van der Waals surface area contributed by atoms with Crippen LogP contribution in [0.15, 0.2) is 47.4 Å². The Bertz CT molecular complexity index is 1180. The molecule has 8 heteroatoms. The van der Waals surface area contributed by atoms with E-state index in [2.05, 4.69) is 5.32 Å². The summed E-state index contributed by atoms with van der Waals surface area (Å²) in [7, 11) is -0.855. The maximum atomic E-state index is 13.2. The maximum absolute atomic E-state index is 13.2. The van der Waals surface area contributed by atoms with Crippen molar-refractivity contribution in [1.29, 1.82) is 0 Å². The molecule has 3 aromatic rings. The predicted octanol–water partition coefficient (Wildman–Crippen LogP) is 4.43. The number of nitrogens with one attached hydrogen (secondary N) is 1. The van der Waals surface area contributed by atoms with Crippen molar-refractivity contribution in [3.8, 4) is 5.75 Å². The average Bonchev–Trinajstić information content (AvgIpc) is 3.14. The maximum Gasteiger partial charge on any atom is 0.267 e. The van der Waals surface area contributed by atoms with E-state index in [0.717, 1.165) is 15.6 Å². The molecule has 0 aliphatic heterocycles. The lowest BCUT2D eigenvalue weighted by atomic mass is 10.2. The molecule has 0 atom stereocenters. The van der Waals surface area contributed by atoms with E-state index in [4.69, 9.17) is 4.74 Å². The molecular formula is C22H26N2O4S2. The van der Waals surface area contributed by atoms with E-state index in [0.29, 0.717) is 28.8 Å². The minimum Gasteiger partial charge on any atom is -0.495 e. The van der Waals surface area contributed by atoms with Crippen LogP contribution in [0.25, 0.3) is 10.1 Å². The van der Waals surface area contributed by atoms with E-state index in [-0.39, 0.29) is 10.8 Å². The van der Waals surface area contributed by atoms with Crippen molar-refractivity contribution >= 4 is 43.0 Å². The molecule has 0 saturated carbocycles. The van der Waals surface area contributed by atoms with Crippen LogP contribution >= 0.6 is 11.3 Å². The molecule has 0 aliphatic rings. The van der Waals surface area contributed by atoms with Crippen molar-refractivity contribution in [1.82, 2.24) is 5.32 Å². The zero-order valence-electron chi connectivity index (χ0n) is 17.7. The second kappa shape index (κ2) is 8.65. The van der Waals surface area contributed by atoms with E-state index in [1.807, 2.05) is 26.8 Å². The molecule has 0 fully saturated rings. The number of hydrogen-bond donors (Lipinski definition) is 1. The third-order valence-corrected chi connectivity index (χ3v) is 7.64. The van der Waals surface area contributed by atoms with Gasteiger partial charge in [0.25, 0.3) is 15.9 Å². The quantitative estimate of drug-likeness (QED) is 0.583. The van der Waals surface area contributed by atoms with Gasteiger partial charge in [0.05, 0.1) is 17.7 Å². The molecule has 30 heavy (non-hydrogen) atoms. The topological polar surface area (TPSA) is 75.7 Å². The standard InChI is InChI=1S/C22H26N2O4S2/c1-14(2)13-23-22(25)20-12-16-11-17(7-9-19(16)29-20)24(4)30(26,27)21-10-15(3)6-8-18(21)28-5/h6-12,14H,13H2,1-5H3,(H,23,25). The Kier molecular flexibility index (Phi) is 6.38. The Morgan fingerprint density at radius 3 is 2.57 bits per heavy atom. The Morgan fingerprint density at radius 2 is 1.90 bits per heavy atom. The number of ether oxygens (including phenoxy) is 1. The van der Waals surface area contributed by atoms with Crippen molar-refractivity contribution in [2.75, 3.05) is 25.0 Å². The molecular weight excluding hydrogens is 420 g/mol. The first kappa shape index (κ1) is 22.1. The molecule has 1 N–H and O–H groups in total. The van der Waals surface area contributed by atoms with Gasteiger partial charge in [-0.1, -0.05) is 19.9 Å². The summed E-state index contributed by atoms with van der Waals surface area (Å²) in [4.78, 5) is 13.1. The minimum absolute atomic E-state index is 0.114. The highest BCUT2D eigenvalue weighted by molar-refractivity contribution is 7.93. The fraction of sp³-hybridized carbons (Fsp3) is 0.318. The number of sulfonamides is 1. The Hall–Kier alpha value is -2.58. The van der Waals surface area contributed by atoms with Crippen molar-refractivity contribution in [2.45, 2.75) is 25.7 Å². The number of amides is 1. The highest BCUT2D eigenvalue weighted by Gasteiger charge is 2.26. The number of thiophene rings is 1. The van der Waals surface area contributed by atoms with Gasteiger partial charge in [0.15, 0.2) is 0 Å². The molecule has 3 rings (SSSR count). The number of rotatable bonds is 7. The van der Waals surface area contributed by atoms with Gasteiger partial charge < -0.3 is 10.1 Å². The highest BCUT2D eigenvalue weighted by Crippen LogP contribution is 2.33. The van der Waals surface area contributed by atoms with Crippen LogP contribution in [0.4, 0.5) is 5.69 Å². The largest absolute Gasteiger partial charge is 0.495 e. The summed E-state index contributed by atoms with van der Waals surface area (Å²) < 4.78 is 33.9. The molecule has 0 unspecified atom stereocenters. The van der Waals surface area contributed by atoms with E-state index in [1.165, 1.54) is 29.8 Å². The van der Waals surface area contributed by atoms with Gasteiger partial charge in [0, 0.05) is 18.3 Å². The molecule has 0 radical (unpaired) electrons. The predicted molar refractivity (Wildman–Crippen MR) is 122 cm³/mol. The summed E-state index contributed by atoms with van der Waals surface area (Å²) >= 11 is 1.39. The van der Waals surface area contributed by atoms with E-state index >= 15 is 0 Å². The lowest BCUT2D eigenvalue weighted by molar-refractivity contribution is 0.0953. The number of methoxy groups -OCH3 is 1. The van der Waals surface area contributed by atoms with Gasteiger partial charge in [0.2, 0.25) is 0 Å². The average molecular weight is 447 g/mol. The van der Waals surface area contributed by atoms with Crippen LogP contribution in [-0.4, -0.2) is 35.0 Å². The highest BCUT2D eigenvalue weighted by atomic mass is 32.2. The van der Waals surface area contributed by atoms with Gasteiger partial charge >= 0.3 is 0 Å². The van der Waals surface area contributed by atoms with Crippen LogP contribution in [0.2, 0.25) is 0 Å². The zero-order valence-corrected chi connectivity index (χ0v) is 19.4. The fourth-order valence-corrected chi connectivity index (χ4v) is 5.38. The monoisotopic (exact) mass is 446 g/mol. The van der Waals surface area contributed by atoms with Crippen LogP contribution in [-0.2, 0) is 10.0 Å². The SMILES string of the molecule is COc1ccc(C)cc1S(=O)(=O)N(C)c1ccc2sc(C(=O)NCC(C)C)cc2c1. The molecule has 0 saturated heterocycles. The third-order valence-electron chi connectivity index (χ3n) is 4.72. The smallest absolute Gasteiger partial charge is 0.267 e. The summed E-state index contributed by atoms with van der Waals surface area (Å²) in [6.45, 7) is 6.52. The molecule has 6 nitrogen and oxygen atoms in total. The van der Waals surface area contributed by atoms with E-state index in [1.54, 1.807) is 36.4 Å². The van der Waals surface area contributed by atoms with E-state index < -0.39 is 10.0 Å². The molecule has 2 aromatic carbocycles. The fourth-order valence-electron chi connectivity index (χ4n) is 2.99. The molecule has 160 valence electrons. The van der Waals surface area contributed by atoms with Crippen LogP contribution in [0.3, 0.4) is 0 Å². The first-order valence-corrected chi connectivity index (χ1v) is 11.8. The van der Waals surface area contributed by atoms with Gasteiger partial charge in [-0.3, -0.25) is 9.10 Å². The van der Waals surface area contributed by atoms with Crippen molar-refractivity contribution < 1.29 is 17.9 Å². The Morgan fingerprint density at radius 1 is 1.17 bits per heavy atom. The molecule has 1 heterocycles. The lowest BCUT2D eigenvalue weighted by Crippen LogP contribution is -2.27. The number of carbonyl (C=O) groups excluding carboxylic acids is 1. The summed E-state index contributed by atoms with van der Waals surface area (Å²) in [5.74, 6) is 0.553. The molecule has 0 spiro atoms. The zero-order chi connectivity index (χ0) is 22.1. The lowest BCUT2D eigenvalue weighted by Gasteiger charge is -2.21. The summed E-state index contributed by atoms with van der Waals surface area (Å²) in [6.07, 6.45) is 0. The van der Waals surface area contributed by atoms with Crippen LogP contribution in [0, 0.1) is 12.8 Å². The number of anilines is 1.